The lowest BCUT2D eigenvalue weighted by Crippen LogP contribution is -2.54. The molecule has 3 fully saturated rings. The van der Waals surface area contributed by atoms with Crippen molar-refractivity contribution in [3.8, 4) is 0 Å². The normalized spacial score (nSPS) is 28.4. The second-order valence-corrected chi connectivity index (χ2v) is 9.14. The summed E-state index contributed by atoms with van der Waals surface area (Å²) in [4.78, 5) is 7.19. The van der Waals surface area contributed by atoms with Gasteiger partial charge in [-0.05, 0) is 67.4 Å². The summed E-state index contributed by atoms with van der Waals surface area (Å²) in [6.45, 7) is 3.01. The van der Waals surface area contributed by atoms with Gasteiger partial charge in [0.1, 0.15) is 0 Å². The van der Waals surface area contributed by atoms with E-state index in [4.69, 9.17) is 0 Å². The van der Waals surface area contributed by atoms with Crippen LogP contribution in [0.15, 0.2) is 85.1 Å². The van der Waals surface area contributed by atoms with Gasteiger partial charge in [-0.3, -0.25) is 9.88 Å². The van der Waals surface area contributed by atoms with Crippen LogP contribution in [0.2, 0.25) is 0 Å². The van der Waals surface area contributed by atoms with Crippen molar-refractivity contribution in [1.29, 1.82) is 0 Å². The van der Waals surface area contributed by atoms with Gasteiger partial charge in [-0.1, -0.05) is 66.7 Å². The van der Waals surface area contributed by atoms with Gasteiger partial charge < -0.3 is 5.32 Å². The van der Waals surface area contributed by atoms with Crippen molar-refractivity contribution in [2.24, 2.45) is 5.92 Å². The molecule has 3 aromatic rings. The molecule has 2 unspecified atom stereocenters. The molecular weight excluding hydrogens is 366 g/mol. The highest BCUT2D eigenvalue weighted by molar-refractivity contribution is 5.31. The number of benzene rings is 2. The summed E-state index contributed by atoms with van der Waals surface area (Å²) in [7, 11) is 2.30. The van der Waals surface area contributed by atoms with Gasteiger partial charge >= 0.3 is 0 Å². The SMILES string of the molecule is CN(Cc1ccccn1)C12CNCC(C(c3ccccc3)C1)C(c1ccccc1)C2. The van der Waals surface area contributed by atoms with Gasteiger partial charge in [0.05, 0.1) is 5.69 Å². The molecule has 1 aliphatic carbocycles. The number of rotatable bonds is 5. The highest BCUT2D eigenvalue weighted by Gasteiger charge is 2.50. The first kappa shape index (κ1) is 19.5. The third-order valence-electron chi connectivity index (χ3n) is 7.46. The lowest BCUT2D eigenvalue weighted by Gasteiger charge is -2.50. The van der Waals surface area contributed by atoms with Crippen molar-refractivity contribution in [3.05, 3.63) is 102 Å². The monoisotopic (exact) mass is 397 g/mol. The second-order valence-electron chi connectivity index (χ2n) is 9.14. The molecule has 0 spiro atoms. The van der Waals surface area contributed by atoms with E-state index in [1.165, 1.54) is 24.0 Å². The smallest absolute Gasteiger partial charge is 0.0544 e. The van der Waals surface area contributed by atoms with Crippen molar-refractivity contribution >= 4 is 0 Å². The van der Waals surface area contributed by atoms with E-state index < -0.39 is 0 Å². The van der Waals surface area contributed by atoms with Crippen LogP contribution in [0, 0.1) is 5.92 Å². The van der Waals surface area contributed by atoms with Gasteiger partial charge in [0.25, 0.3) is 0 Å². The maximum Gasteiger partial charge on any atom is 0.0544 e. The van der Waals surface area contributed by atoms with Gasteiger partial charge in [0.2, 0.25) is 0 Å². The van der Waals surface area contributed by atoms with E-state index >= 15 is 0 Å². The maximum atomic E-state index is 4.61. The van der Waals surface area contributed by atoms with Crippen molar-refractivity contribution in [2.75, 3.05) is 20.1 Å². The van der Waals surface area contributed by atoms with Crippen LogP contribution in [-0.4, -0.2) is 35.6 Å². The molecule has 2 atom stereocenters. The van der Waals surface area contributed by atoms with E-state index in [9.17, 15) is 0 Å². The van der Waals surface area contributed by atoms with Crippen LogP contribution in [0.25, 0.3) is 0 Å². The number of likely N-dealkylation sites (N-methyl/N-ethyl adjacent to an activating group) is 1. The van der Waals surface area contributed by atoms with Crippen molar-refractivity contribution in [3.63, 3.8) is 0 Å². The molecule has 6 rings (SSSR count). The average molecular weight is 398 g/mol. The van der Waals surface area contributed by atoms with Crippen molar-refractivity contribution < 1.29 is 0 Å². The minimum Gasteiger partial charge on any atom is -0.315 e. The van der Waals surface area contributed by atoms with Gasteiger partial charge in [0.15, 0.2) is 0 Å². The fourth-order valence-corrected chi connectivity index (χ4v) is 5.87. The summed E-state index contributed by atoms with van der Waals surface area (Å²) in [5.41, 5.74) is 4.24. The predicted molar refractivity (Wildman–Crippen MR) is 122 cm³/mol. The molecule has 1 saturated carbocycles. The zero-order chi connectivity index (χ0) is 20.4. The van der Waals surface area contributed by atoms with Crippen molar-refractivity contribution in [1.82, 2.24) is 15.2 Å². The minimum atomic E-state index is 0.117. The standard InChI is InChI=1S/C27H31N3/c1-30(19-23-14-8-9-15-29-23)27-16-24(21-10-4-2-5-11-21)26(18-28-20-27)25(17-27)22-12-6-3-7-13-22/h2-15,24-26,28H,16-20H2,1H3. The van der Waals surface area contributed by atoms with Crippen LogP contribution in [0.1, 0.15) is 41.5 Å². The molecule has 154 valence electrons. The number of nitrogens with zero attached hydrogens (tertiary/aromatic N) is 2. The Morgan fingerprint density at radius 1 is 0.867 bits per heavy atom. The average Bonchev–Trinajstić information content (AvgIpc) is 3.12. The van der Waals surface area contributed by atoms with Crippen LogP contribution < -0.4 is 5.32 Å². The van der Waals surface area contributed by atoms with Crippen LogP contribution in [0.5, 0.6) is 0 Å². The second kappa shape index (κ2) is 8.33. The first-order chi connectivity index (χ1) is 14.8. The summed E-state index contributed by atoms with van der Waals surface area (Å²) in [6.07, 6.45) is 4.30. The Hall–Kier alpha value is -2.49. The summed E-state index contributed by atoms with van der Waals surface area (Å²) >= 11 is 0. The molecule has 2 aromatic carbocycles. The van der Waals surface area contributed by atoms with Gasteiger partial charge in [-0.2, -0.15) is 0 Å². The third-order valence-corrected chi connectivity index (χ3v) is 7.46. The number of hydrogen-bond acceptors (Lipinski definition) is 3. The summed E-state index contributed by atoms with van der Waals surface area (Å²) in [5.74, 6) is 1.74. The van der Waals surface area contributed by atoms with Crippen LogP contribution in [0.3, 0.4) is 0 Å². The fraction of sp³-hybridized carbons (Fsp3) is 0.370. The van der Waals surface area contributed by atoms with E-state index in [-0.39, 0.29) is 5.54 Å². The zero-order valence-electron chi connectivity index (χ0n) is 17.7. The lowest BCUT2D eigenvalue weighted by atomic mass is 9.61. The molecule has 30 heavy (non-hydrogen) atoms. The van der Waals surface area contributed by atoms with Gasteiger partial charge in [-0.25, -0.2) is 0 Å². The number of hydrogen-bond donors (Lipinski definition) is 1. The van der Waals surface area contributed by atoms with Crippen molar-refractivity contribution in [2.45, 2.75) is 36.8 Å². The van der Waals surface area contributed by atoms with E-state index in [0.29, 0.717) is 17.8 Å². The first-order valence-electron chi connectivity index (χ1n) is 11.2. The number of fused-ring (bicyclic) bond motifs is 4. The molecule has 1 aromatic heterocycles. The summed E-state index contributed by atoms with van der Waals surface area (Å²) < 4.78 is 0. The quantitative estimate of drug-likeness (QED) is 0.668. The van der Waals surface area contributed by atoms with Gasteiger partial charge in [-0.15, -0.1) is 0 Å². The molecule has 0 radical (unpaired) electrons. The first-order valence-corrected chi connectivity index (χ1v) is 11.2. The number of pyridine rings is 1. The molecule has 0 amide bonds. The molecule has 3 heterocycles. The Bertz CT molecular complexity index is 892. The molecule has 1 N–H and O–H groups in total. The van der Waals surface area contributed by atoms with Crippen LogP contribution in [-0.2, 0) is 6.54 Å². The number of aromatic nitrogens is 1. The fourth-order valence-electron chi connectivity index (χ4n) is 5.87. The Kier molecular flexibility index (Phi) is 5.41. The van der Waals surface area contributed by atoms with E-state index in [1.54, 1.807) is 0 Å². The topological polar surface area (TPSA) is 28.2 Å². The molecule has 3 aliphatic rings. The van der Waals surface area contributed by atoms with E-state index in [1.807, 2.05) is 12.3 Å². The Balaban J connectivity index is 1.54. The summed E-state index contributed by atoms with van der Waals surface area (Å²) in [6, 6.07) is 28.6. The number of nitrogens with one attached hydrogen (secondary N) is 1. The summed E-state index contributed by atoms with van der Waals surface area (Å²) in [5, 5.41) is 3.85. The largest absolute Gasteiger partial charge is 0.315 e. The minimum absolute atomic E-state index is 0.117. The highest BCUT2D eigenvalue weighted by Crippen LogP contribution is 2.53. The van der Waals surface area contributed by atoms with Crippen LogP contribution in [0.4, 0.5) is 0 Å². The lowest BCUT2D eigenvalue weighted by molar-refractivity contribution is 0.0492. The maximum absolute atomic E-state index is 4.61. The predicted octanol–water partition coefficient (Wildman–Crippen LogP) is 4.83. The molecule has 2 aliphatic heterocycles. The zero-order valence-corrected chi connectivity index (χ0v) is 17.7. The molecule has 3 nitrogen and oxygen atoms in total. The molecular formula is C27H31N3. The Morgan fingerprint density at radius 3 is 2.03 bits per heavy atom. The van der Waals surface area contributed by atoms with Crippen LogP contribution >= 0.6 is 0 Å². The third kappa shape index (κ3) is 3.68. The molecule has 3 heteroatoms. The Morgan fingerprint density at radius 2 is 1.47 bits per heavy atom. The van der Waals surface area contributed by atoms with Gasteiger partial charge in [0, 0.05) is 24.8 Å². The van der Waals surface area contributed by atoms with E-state index in [2.05, 4.69) is 95.0 Å². The molecule has 2 saturated heterocycles. The molecule has 2 bridgehead atoms. The van der Waals surface area contributed by atoms with E-state index in [0.717, 1.165) is 25.3 Å². The highest BCUT2D eigenvalue weighted by atomic mass is 15.2. The Labute approximate surface area is 180 Å².